The monoisotopic (exact) mass is 538 g/mol. The van der Waals surface area contributed by atoms with Crippen LogP contribution in [0.25, 0.3) is 0 Å². The Morgan fingerprint density at radius 1 is 0.550 bits per heavy atom. The molecule has 2 aliphatic heterocycles. The van der Waals surface area contributed by atoms with Crippen molar-refractivity contribution in [3.05, 3.63) is 179 Å². The summed E-state index contributed by atoms with van der Waals surface area (Å²) >= 11 is 0. The maximum atomic E-state index is 15.5. The van der Waals surface area contributed by atoms with Crippen LogP contribution in [-0.2, 0) is 20.5 Å². The Labute approximate surface area is 236 Å². The third-order valence-corrected chi connectivity index (χ3v) is 11.6. The van der Waals surface area contributed by atoms with Crippen LogP contribution in [0.1, 0.15) is 36.1 Å². The molecule has 0 aliphatic carbocycles. The molecular weight excluding hydrogens is 507 g/mol. The average Bonchev–Trinajstić information content (AvgIpc) is 3.45. The molecule has 2 nitrogen and oxygen atoms in total. The summed E-state index contributed by atoms with van der Waals surface area (Å²) in [4.78, 5) is 0. The van der Waals surface area contributed by atoms with E-state index in [-0.39, 0.29) is 0 Å². The second kappa shape index (κ2) is 9.03. The van der Waals surface area contributed by atoms with Crippen molar-refractivity contribution in [2.24, 2.45) is 5.41 Å². The molecule has 0 N–H and O–H groups in total. The molecule has 0 spiro atoms. The van der Waals surface area contributed by atoms with Crippen LogP contribution in [0.5, 0.6) is 0 Å². The van der Waals surface area contributed by atoms with E-state index < -0.39 is 23.8 Å². The van der Waals surface area contributed by atoms with E-state index in [2.05, 4.69) is 92.5 Å². The van der Waals surface area contributed by atoms with Gasteiger partial charge in [0.2, 0.25) is 0 Å². The van der Waals surface area contributed by atoms with Crippen LogP contribution in [0.3, 0.4) is 0 Å². The quantitative estimate of drug-likeness (QED) is 0.211. The van der Waals surface area contributed by atoms with Crippen LogP contribution in [0.4, 0.5) is 0 Å². The maximum Gasteiger partial charge on any atom is 0.164 e. The molecule has 0 aromatic heterocycles. The van der Waals surface area contributed by atoms with E-state index in [1.165, 1.54) is 5.56 Å². The molecule has 196 valence electrons. The molecule has 40 heavy (non-hydrogen) atoms. The van der Waals surface area contributed by atoms with Gasteiger partial charge in [-0.05, 0) is 33.6 Å². The predicted octanol–water partition coefficient (Wildman–Crippen LogP) is 8.14. The van der Waals surface area contributed by atoms with Gasteiger partial charge in [0.25, 0.3) is 0 Å². The lowest BCUT2D eigenvalue weighted by molar-refractivity contribution is -0.0642. The molecule has 2 atom stereocenters. The van der Waals surface area contributed by atoms with Crippen molar-refractivity contribution in [3.63, 3.8) is 0 Å². The third kappa shape index (κ3) is 3.24. The molecule has 2 bridgehead atoms. The topological polar surface area (TPSA) is 26.3 Å². The molecule has 1 saturated heterocycles. The highest BCUT2D eigenvalue weighted by Gasteiger charge is 2.72. The summed E-state index contributed by atoms with van der Waals surface area (Å²) in [5.41, 5.74) is 3.28. The first kappa shape index (κ1) is 25.0. The van der Waals surface area contributed by atoms with Crippen LogP contribution in [0.2, 0.25) is 0 Å². The van der Waals surface area contributed by atoms with Crippen molar-refractivity contribution in [1.29, 1.82) is 0 Å². The Morgan fingerprint density at radius 3 is 1.50 bits per heavy atom. The predicted molar refractivity (Wildman–Crippen MR) is 164 cm³/mol. The van der Waals surface area contributed by atoms with Crippen molar-refractivity contribution in [2.75, 3.05) is 0 Å². The highest BCUT2D eigenvalue weighted by molar-refractivity contribution is 7.81. The number of ether oxygens (including phenoxy) is 1. The zero-order valence-corrected chi connectivity index (χ0v) is 23.6. The van der Waals surface area contributed by atoms with E-state index in [4.69, 9.17) is 4.74 Å². The van der Waals surface area contributed by atoms with Gasteiger partial charge in [0.05, 0.1) is 0 Å². The third-order valence-electron chi connectivity index (χ3n) is 8.88. The fourth-order valence-corrected chi connectivity index (χ4v) is 9.75. The Balaban J connectivity index is 1.62. The highest BCUT2D eigenvalue weighted by atomic mass is 31.2. The highest BCUT2D eigenvalue weighted by Crippen LogP contribution is 2.74. The summed E-state index contributed by atoms with van der Waals surface area (Å²) in [6.07, 6.45) is 0. The van der Waals surface area contributed by atoms with E-state index in [0.29, 0.717) is 0 Å². The van der Waals surface area contributed by atoms with E-state index in [1.807, 2.05) is 72.8 Å². The summed E-state index contributed by atoms with van der Waals surface area (Å²) < 4.78 is 23.1. The zero-order chi connectivity index (χ0) is 27.4. The number of fused-ring (bicyclic) bond motifs is 5. The molecule has 5 aromatic carbocycles. The standard InChI is InChI=1S/C37H31O2P/c1-35(2)34(27-40(38,30-21-11-5-12-22-30)31-23-13-6-14-24-31)36(28-17-7-3-8-18-28)32-25-15-16-26-33(32)37(35,39-36)29-19-9-4-10-20-29/h3-27H,1-2H3/b34-27+/t36-,37+/m1/s1. The van der Waals surface area contributed by atoms with Gasteiger partial charge in [-0.3, -0.25) is 0 Å². The Hall–Kier alpha value is -3.97. The van der Waals surface area contributed by atoms with Crippen LogP contribution >= 0.6 is 7.14 Å². The molecule has 2 aliphatic rings. The normalized spacial score (nSPS) is 23.7. The number of rotatable bonds is 5. The van der Waals surface area contributed by atoms with Gasteiger partial charge in [-0.2, -0.15) is 0 Å². The maximum absolute atomic E-state index is 15.5. The second-order valence-corrected chi connectivity index (χ2v) is 13.8. The first-order valence-corrected chi connectivity index (χ1v) is 15.6. The molecule has 0 radical (unpaired) electrons. The molecule has 0 unspecified atom stereocenters. The number of hydrogen-bond donors (Lipinski definition) is 0. The molecule has 5 aromatic rings. The smallest absolute Gasteiger partial charge is 0.164 e. The fourth-order valence-electron chi connectivity index (χ4n) is 7.05. The molecule has 3 heteroatoms. The average molecular weight is 539 g/mol. The summed E-state index contributed by atoms with van der Waals surface area (Å²) in [6.45, 7) is 4.51. The van der Waals surface area contributed by atoms with Gasteiger partial charge in [0.1, 0.15) is 11.2 Å². The molecule has 2 heterocycles. The Morgan fingerprint density at radius 2 is 0.975 bits per heavy atom. The number of hydrogen-bond acceptors (Lipinski definition) is 2. The van der Waals surface area contributed by atoms with Crippen molar-refractivity contribution in [1.82, 2.24) is 0 Å². The minimum absolute atomic E-state index is 0.530. The lowest BCUT2D eigenvalue weighted by Gasteiger charge is -2.43. The first-order valence-electron chi connectivity index (χ1n) is 13.8. The second-order valence-electron chi connectivity index (χ2n) is 11.2. The van der Waals surface area contributed by atoms with Gasteiger partial charge in [-0.15, -0.1) is 0 Å². The van der Waals surface area contributed by atoms with Crippen molar-refractivity contribution < 1.29 is 9.30 Å². The fraction of sp³-hybridized carbons (Fsp3) is 0.135. The van der Waals surface area contributed by atoms with Gasteiger partial charge in [0, 0.05) is 16.0 Å². The minimum atomic E-state index is -3.22. The molecular formula is C37H31O2P. The van der Waals surface area contributed by atoms with Gasteiger partial charge in [-0.1, -0.05) is 159 Å². The van der Waals surface area contributed by atoms with Crippen molar-refractivity contribution in [2.45, 2.75) is 25.0 Å². The van der Waals surface area contributed by atoms with Crippen LogP contribution in [0, 0.1) is 5.41 Å². The van der Waals surface area contributed by atoms with E-state index >= 15 is 4.57 Å². The van der Waals surface area contributed by atoms with Crippen LogP contribution < -0.4 is 10.6 Å². The molecule has 0 saturated carbocycles. The lowest BCUT2D eigenvalue weighted by Crippen LogP contribution is -2.42. The van der Waals surface area contributed by atoms with Crippen LogP contribution in [0.15, 0.2) is 157 Å². The summed E-state index contributed by atoms with van der Waals surface area (Å²) in [6, 6.07) is 49.4. The number of benzene rings is 5. The molecule has 7 rings (SSSR count). The van der Waals surface area contributed by atoms with Gasteiger partial charge in [-0.25, -0.2) is 0 Å². The van der Waals surface area contributed by atoms with E-state index in [1.54, 1.807) is 0 Å². The SMILES string of the molecule is CC1(C)/C(=C\P(=O)(c2ccccc2)c2ccccc2)[C@]2(c3ccccc3)O[C@@]1(c1ccccc1)c1ccccc12. The Bertz CT molecular complexity index is 1720. The largest absolute Gasteiger partial charge is 0.344 e. The minimum Gasteiger partial charge on any atom is -0.344 e. The summed E-state index contributed by atoms with van der Waals surface area (Å²) in [5, 5.41) is 1.63. The van der Waals surface area contributed by atoms with Crippen molar-refractivity contribution >= 4 is 17.8 Å². The van der Waals surface area contributed by atoms with Crippen LogP contribution in [-0.4, -0.2) is 0 Å². The van der Waals surface area contributed by atoms with Crippen molar-refractivity contribution in [3.8, 4) is 0 Å². The van der Waals surface area contributed by atoms with E-state index in [0.717, 1.165) is 32.9 Å². The van der Waals surface area contributed by atoms with E-state index in [9.17, 15) is 0 Å². The van der Waals surface area contributed by atoms with Gasteiger partial charge >= 0.3 is 0 Å². The van der Waals surface area contributed by atoms with Gasteiger partial charge < -0.3 is 9.30 Å². The lowest BCUT2D eigenvalue weighted by atomic mass is 9.57. The molecule has 1 fully saturated rings. The van der Waals surface area contributed by atoms with Gasteiger partial charge in [0.15, 0.2) is 7.14 Å². The first-order chi connectivity index (χ1) is 19.4. The summed E-state index contributed by atoms with van der Waals surface area (Å²) in [5.74, 6) is 2.09. The summed E-state index contributed by atoms with van der Waals surface area (Å²) in [7, 11) is -3.22. The Kier molecular flexibility index (Phi) is 5.65. The molecule has 0 amide bonds. The zero-order valence-electron chi connectivity index (χ0n) is 22.7.